The van der Waals surface area contributed by atoms with Gasteiger partial charge in [-0.15, -0.1) is 0 Å². The molecular formula is C10H12N2O4S. The Morgan fingerprint density at radius 1 is 1.53 bits per heavy atom. The molecule has 1 heterocycles. The van der Waals surface area contributed by atoms with Gasteiger partial charge < -0.3 is 5.11 Å². The minimum atomic E-state index is -3.74. The van der Waals surface area contributed by atoms with Gasteiger partial charge in [0.2, 0.25) is 10.0 Å². The van der Waals surface area contributed by atoms with Crippen LogP contribution in [-0.4, -0.2) is 41.4 Å². The molecule has 1 N–H and O–H groups in total. The van der Waals surface area contributed by atoms with E-state index in [1.807, 2.05) is 0 Å². The van der Waals surface area contributed by atoms with Crippen molar-refractivity contribution in [2.45, 2.75) is 23.8 Å². The lowest BCUT2D eigenvalue weighted by molar-refractivity contribution is -0.137. The van der Waals surface area contributed by atoms with Crippen LogP contribution in [0, 0.1) is 0 Å². The SMILES string of the molecule is O=C(O)CN(C1CC1)S(=O)(=O)c1cccnc1. The standard InChI is InChI=1S/C10H12N2O4S/c13-10(14)7-12(8-3-4-8)17(15,16)9-2-1-5-11-6-9/h1-2,5-6,8H,3-4,7H2,(H,13,14). The van der Waals surface area contributed by atoms with Gasteiger partial charge in [-0.3, -0.25) is 9.78 Å². The van der Waals surface area contributed by atoms with Gasteiger partial charge in [-0.2, -0.15) is 4.31 Å². The van der Waals surface area contributed by atoms with Crippen molar-refractivity contribution in [1.82, 2.24) is 9.29 Å². The zero-order chi connectivity index (χ0) is 12.5. The molecule has 1 aliphatic rings. The molecule has 2 rings (SSSR count). The van der Waals surface area contributed by atoms with Crippen molar-refractivity contribution in [1.29, 1.82) is 0 Å². The van der Waals surface area contributed by atoms with Crippen molar-refractivity contribution in [3.05, 3.63) is 24.5 Å². The summed E-state index contributed by atoms with van der Waals surface area (Å²) < 4.78 is 25.4. The number of hydrogen-bond acceptors (Lipinski definition) is 4. The first-order chi connectivity index (χ1) is 8.01. The monoisotopic (exact) mass is 256 g/mol. The highest BCUT2D eigenvalue weighted by Gasteiger charge is 2.39. The number of pyridine rings is 1. The van der Waals surface area contributed by atoms with E-state index >= 15 is 0 Å². The summed E-state index contributed by atoms with van der Waals surface area (Å²) in [7, 11) is -3.74. The summed E-state index contributed by atoms with van der Waals surface area (Å²) in [5, 5.41) is 8.75. The second-order valence-electron chi connectivity index (χ2n) is 3.86. The van der Waals surface area contributed by atoms with Gasteiger partial charge in [0.15, 0.2) is 0 Å². The molecule has 1 fully saturated rings. The third-order valence-electron chi connectivity index (χ3n) is 2.49. The largest absolute Gasteiger partial charge is 0.480 e. The van der Waals surface area contributed by atoms with Crippen LogP contribution in [0.15, 0.2) is 29.4 Å². The van der Waals surface area contributed by atoms with Crippen LogP contribution in [0.4, 0.5) is 0 Å². The molecule has 1 saturated carbocycles. The number of sulfonamides is 1. The van der Waals surface area contributed by atoms with Gasteiger partial charge in [-0.05, 0) is 25.0 Å². The number of carboxylic acid groups (broad SMARTS) is 1. The van der Waals surface area contributed by atoms with Crippen LogP contribution in [0.2, 0.25) is 0 Å². The zero-order valence-electron chi connectivity index (χ0n) is 8.98. The average molecular weight is 256 g/mol. The molecule has 0 atom stereocenters. The van der Waals surface area contributed by atoms with E-state index in [4.69, 9.17) is 5.11 Å². The van der Waals surface area contributed by atoms with E-state index in [0.29, 0.717) is 12.8 Å². The van der Waals surface area contributed by atoms with Gasteiger partial charge in [0.05, 0.1) is 0 Å². The number of aromatic nitrogens is 1. The summed E-state index contributed by atoms with van der Waals surface area (Å²) in [6.45, 7) is -0.498. The molecule has 1 aliphatic carbocycles. The summed E-state index contributed by atoms with van der Waals surface area (Å²) >= 11 is 0. The van der Waals surface area contributed by atoms with Gasteiger partial charge in [-0.1, -0.05) is 0 Å². The number of carboxylic acids is 1. The minimum Gasteiger partial charge on any atom is -0.480 e. The predicted molar refractivity (Wildman–Crippen MR) is 58.8 cm³/mol. The molecule has 0 aliphatic heterocycles. The fourth-order valence-corrected chi connectivity index (χ4v) is 3.14. The molecule has 17 heavy (non-hydrogen) atoms. The van der Waals surface area contributed by atoms with Crippen molar-refractivity contribution in [2.24, 2.45) is 0 Å². The van der Waals surface area contributed by atoms with Crippen molar-refractivity contribution in [2.75, 3.05) is 6.54 Å². The molecule has 7 heteroatoms. The Labute approximate surface area is 98.9 Å². The van der Waals surface area contributed by atoms with Gasteiger partial charge in [0.25, 0.3) is 0 Å². The Kier molecular flexibility index (Phi) is 3.12. The first-order valence-electron chi connectivity index (χ1n) is 5.15. The molecule has 0 unspecified atom stereocenters. The Morgan fingerprint density at radius 3 is 2.71 bits per heavy atom. The minimum absolute atomic E-state index is 0.0353. The van der Waals surface area contributed by atoms with Crippen LogP contribution in [-0.2, 0) is 14.8 Å². The summed E-state index contributed by atoms with van der Waals surface area (Å²) in [6.07, 6.45) is 4.13. The van der Waals surface area contributed by atoms with E-state index in [1.54, 1.807) is 0 Å². The van der Waals surface area contributed by atoms with Crippen LogP contribution >= 0.6 is 0 Å². The average Bonchev–Trinajstić information content (AvgIpc) is 3.10. The molecule has 1 aromatic heterocycles. The highest BCUT2D eigenvalue weighted by molar-refractivity contribution is 7.89. The third-order valence-corrected chi connectivity index (χ3v) is 4.37. The Hall–Kier alpha value is -1.47. The smallest absolute Gasteiger partial charge is 0.318 e. The van der Waals surface area contributed by atoms with Crippen LogP contribution in [0.5, 0.6) is 0 Å². The molecule has 92 valence electrons. The van der Waals surface area contributed by atoms with Crippen LogP contribution in [0.1, 0.15) is 12.8 Å². The van der Waals surface area contributed by atoms with E-state index in [2.05, 4.69) is 4.98 Å². The lowest BCUT2D eigenvalue weighted by Gasteiger charge is -2.19. The molecule has 0 spiro atoms. The van der Waals surface area contributed by atoms with Gasteiger partial charge >= 0.3 is 5.97 Å². The van der Waals surface area contributed by atoms with E-state index in [0.717, 1.165) is 4.31 Å². The lowest BCUT2D eigenvalue weighted by Crippen LogP contribution is -2.37. The Balaban J connectivity index is 2.32. The molecule has 6 nitrogen and oxygen atoms in total. The quantitative estimate of drug-likeness (QED) is 0.819. The van der Waals surface area contributed by atoms with E-state index in [1.165, 1.54) is 24.5 Å². The number of rotatable bonds is 5. The molecule has 0 amide bonds. The van der Waals surface area contributed by atoms with Gasteiger partial charge in [-0.25, -0.2) is 8.42 Å². The lowest BCUT2D eigenvalue weighted by atomic mass is 10.5. The number of aliphatic carboxylic acids is 1. The second-order valence-corrected chi connectivity index (χ2v) is 5.75. The Bertz CT molecular complexity index is 510. The van der Waals surface area contributed by atoms with Gasteiger partial charge in [0.1, 0.15) is 11.4 Å². The third kappa shape index (κ3) is 2.62. The maximum atomic E-state index is 12.2. The maximum absolute atomic E-state index is 12.2. The van der Waals surface area contributed by atoms with E-state index in [9.17, 15) is 13.2 Å². The summed E-state index contributed by atoms with van der Waals surface area (Å²) in [6, 6.07) is 2.74. The van der Waals surface area contributed by atoms with Crippen LogP contribution in [0.3, 0.4) is 0 Å². The first kappa shape index (κ1) is 12.0. The zero-order valence-corrected chi connectivity index (χ0v) is 9.80. The van der Waals surface area contributed by atoms with E-state index < -0.39 is 22.5 Å². The molecule has 1 aromatic rings. The van der Waals surface area contributed by atoms with Crippen molar-refractivity contribution in [3.8, 4) is 0 Å². The fourth-order valence-electron chi connectivity index (χ4n) is 1.54. The number of carbonyl (C=O) groups is 1. The van der Waals surface area contributed by atoms with E-state index in [-0.39, 0.29) is 10.9 Å². The van der Waals surface area contributed by atoms with Gasteiger partial charge in [0, 0.05) is 18.4 Å². The van der Waals surface area contributed by atoms with Crippen molar-refractivity contribution in [3.63, 3.8) is 0 Å². The second kappa shape index (κ2) is 4.42. The molecule has 0 radical (unpaired) electrons. The van der Waals surface area contributed by atoms with Crippen LogP contribution in [0.25, 0.3) is 0 Å². The van der Waals surface area contributed by atoms with Crippen molar-refractivity contribution >= 4 is 16.0 Å². The molecular weight excluding hydrogens is 244 g/mol. The Morgan fingerprint density at radius 2 is 2.24 bits per heavy atom. The predicted octanol–water partition coefficient (Wildman–Crippen LogP) is 0.319. The topological polar surface area (TPSA) is 87.6 Å². The number of hydrogen-bond donors (Lipinski definition) is 1. The summed E-state index contributed by atoms with van der Waals surface area (Å²) in [5.74, 6) is -1.15. The maximum Gasteiger partial charge on any atom is 0.318 e. The molecule has 0 aromatic carbocycles. The molecule has 0 bridgehead atoms. The van der Waals surface area contributed by atoms with Crippen LogP contribution < -0.4 is 0 Å². The fraction of sp³-hybridized carbons (Fsp3) is 0.400. The first-order valence-corrected chi connectivity index (χ1v) is 6.59. The molecule has 0 saturated heterocycles. The summed E-state index contributed by atoms with van der Waals surface area (Å²) in [4.78, 5) is 14.5. The number of nitrogens with zero attached hydrogens (tertiary/aromatic N) is 2. The van der Waals surface area contributed by atoms with Crippen molar-refractivity contribution < 1.29 is 18.3 Å². The normalized spacial score (nSPS) is 16.1. The summed E-state index contributed by atoms with van der Waals surface area (Å²) in [5.41, 5.74) is 0. The highest BCUT2D eigenvalue weighted by Crippen LogP contribution is 2.31. The highest BCUT2D eigenvalue weighted by atomic mass is 32.2.